The van der Waals surface area contributed by atoms with E-state index < -0.39 is 11.6 Å². The van der Waals surface area contributed by atoms with Gasteiger partial charge in [-0.3, -0.25) is 0 Å². The molecule has 2 saturated carbocycles. The first-order valence-corrected chi connectivity index (χ1v) is 8.63. The zero-order chi connectivity index (χ0) is 14.5. The second-order valence-corrected chi connectivity index (χ2v) is 6.96. The predicted molar refractivity (Wildman–Crippen MR) is 76.6 cm³/mol. The SMILES string of the molecule is FC(F)(F)C1(C2CCCCCCC2)CCCCCCC1. The molecule has 0 nitrogen and oxygen atoms in total. The molecule has 0 heterocycles. The maximum Gasteiger partial charge on any atom is 0.394 e. The Morgan fingerprint density at radius 3 is 1.45 bits per heavy atom. The molecule has 0 spiro atoms. The molecule has 0 radical (unpaired) electrons. The van der Waals surface area contributed by atoms with Gasteiger partial charge in [-0.1, -0.05) is 64.2 Å². The van der Waals surface area contributed by atoms with Crippen molar-refractivity contribution in [1.29, 1.82) is 0 Å². The average Bonchev–Trinajstić information content (AvgIpc) is 2.28. The van der Waals surface area contributed by atoms with Crippen molar-refractivity contribution in [2.45, 2.75) is 96.1 Å². The summed E-state index contributed by atoms with van der Waals surface area (Å²) in [4.78, 5) is 0. The van der Waals surface area contributed by atoms with Crippen LogP contribution in [0.1, 0.15) is 89.9 Å². The van der Waals surface area contributed by atoms with E-state index in [1.165, 1.54) is 6.42 Å². The molecule has 0 aliphatic heterocycles. The molecule has 0 amide bonds. The van der Waals surface area contributed by atoms with Crippen molar-refractivity contribution in [3.63, 3.8) is 0 Å². The van der Waals surface area contributed by atoms with Crippen molar-refractivity contribution < 1.29 is 13.2 Å². The van der Waals surface area contributed by atoms with Gasteiger partial charge in [-0.05, 0) is 31.6 Å². The Labute approximate surface area is 121 Å². The molecule has 0 aromatic rings. The molecule has 20 heavy (non-hydrogen) atoms. The van der Waals surface area contributed by atoms with Crippen LogP contribution >= 0.6 is 0 Å². The first-order valence-electron chi connectivity index (χ1n) is 8.63. The zero-order valence-corrected chi connectivity index (χ0v) is 12.6. The molecule has 0 N–H and O–H groups in total. The summed E-state index contributed by atoms with van der Waals surface area (Å²) in [6, 6.07) is 0. The molecular formula is C17H29F3. The van der Waals surface area contributed by atoms with Crippen molar-refractivity contribution in [3.05, 3.63) is 0 Å². The van der Waals surface area contributed by atoms with Gasteiger partial charge in [-0.15, -0.1) is 0 Å². The van der Waals surface area contributed by atoms with E-state index in [1.54, 1.807) is 0 Å². The molecule has 2 rings (SSSR count). The fraction of sp³-hybridized carbons (Fsp3) is 1.00. The topological polar surface area (TPSA) is 0 Å². The second-order valence-electron chi connectivity index (χ2n) is 6.96. The molecule has 2 aliphatic carbocycles. The molecule has 2 aliphatic rings. The van der Waals surface area contributed by atoms with E-state index in [4.69, 9.17) is 0 Å². The lowest BCUT2D eigenvalue weighted by molar-refractivity contribution is -0.253. The van der Waals surface area contributed by atoms with Crippen molar-refractivity contribution in [1.82, 2.24) is 0 Å². The van der Waals surface area contributed by atoms with Gasteiger partial charge >= 0.3 is 6.18 Å². The van der Waals surface area contributed by atoms with Crippen LogP contribution in [-0.4, -0.2) is 6.18 Å². The van der Waals surface area contributed by atoms with Crippen LogP contribution in [0.3, 0.4) is 0 Å². The summed E-state index contributed by atoms with van der Waals surface area (Å²) in [7, 11) is 0. The molecular weight excluding hydrogens is 261 g/mol. The minimum atomic E-state index is -4.01. The van der Waals surface area contributed by atoms with Gasteiger partial charge < -0.3 is 0 Å². The van der Waals surface area contributed by atoms with E-state index in [1.807, 2.05) is 0 Å². The lowest BCUT2D eigenvalue weighted by Crippen LogP contribution is -2.45. The van der Waals surface area contributed by atoms with Gasteiger partial charge in [0.15, 0.2) is 0 Å². The van der Waals surface area contributed by atoms with Crippen molar-refractivity contribution >= 4 is 0 Å². The Kier molecular flexibility index (Phi) is 5.80. The number of hydrogen-bond donors (Lipinski definition) is 0. The van der Waals surface area contributed by atoms with Crippen LogP contribution in [0.15, 0.2) is 0 Å². The molecule has 2 fully saturated rings. The highest BCUT2D eigenvalue weighted by atomic mass is 19.4. The fourth-order valence-corrected chi connectivity index (χ4v) is 4.47. The minimum Gasteiger partial charge on any atom is -0.170 e. The van der Waals surface area contributed by atoms with Crippen LogP contribution < -0.4 is 0 Å². The van der Waals surface area contributed by atoms with Gasteiger partial charge in [0, 0.05) is 0 Å². The van der Waals surface area contributed by atoms with E-state index >= 15 is 0 Å². The molecule has 3 heteroatoms. The van der Waals surface area contributed by atoms with Crippen molar-refractivity contribution in [2.75, 3.05) is 0 Å². The first-order chi connectivity index (χ1) is 9.56. The van der Waals surface area contributed by atoms with Crippen LogP contribution in [0.25, 0.3) is 0 Å². The molecule has 0 bridgehead atoms. The van der Waals surface area contributed by atoms with E-state index in [9.17, 15) is 13.2 Å². The van der Waals surface area contributed by atoms with E-state index in [2.05, 4.69) is 0 Å². The number of halogens is 3. The molecule has 0 aromatic carbocycles. The number of rotatable bonds is 1. The van der Waals surface area contributed by atoms with E-state index in [0.29, 0.717) is 12.8 Å². The third-order valence-electron chi connectivity index (χ3n) is 5.70. The van der Waals surface area contributed by atoms with Gasteiger partial charge in [-0.2, -0.15) is 13.2 Å². The van der Waals surface area contributed by atoms with Gasteiger partial charge in [0.2, 0.25) is 0 Å². The van der Waals surface area contributed by atoms with Crippen LogP contribution in [0.5, 0.6) is 0 Å². The fourth-order valence-electron chi connectivity index (χ4n) is 4.47. The Hall–Kier alpha value is -0.210. The third kappa shape index (κ3) is 3.71. The highest BCUT2D eigenvalue weighted by Gasteiger charge is 2.57. The lowest BCUT2D eigenvalue weighted by atomic mass is 9.63. The molecule has 0 atom stereocenters. The van der Waals surface area contributed by atoms with E-state index in [0.717, 1.165) is 70.6 Å². The monoisotopic (exact) mass is 290 g/mol. The van der Waals surface area contributed by atoms with Crippen molar-refractivity contribution in [2.24, 2.45) is 11.3 Å². The zero-order valence-electron chi connectivity index (χ0n) is 12.6. The van der Waals surface area contributed by atoms with Gasteiger partial charge in [0.1, 0.15) is 0 Å². The lowest BCUT2D eigenvalue weighted by Gasteiger charge is -2.44. The van der Waals surface area contributed by atoms with Crippen LogP contribution in [0.2, 0.25) is 0 Å². The van der Waals surface area contributed by atoms with Gasteiger partial charge in [-0.25, -0.2) is 0 Å². The Morgan fingerprint density at radius 1 is 0.600 bits per heavy atom. The summed E-state index contributed by atoms with van der Waals surface area (Å²) in [5, 5.41) is 0. The molecule has 118 valence electrons. The molecule has 0 aromatic heterocycles. The summed E-state index contributed by atoms with van der Waals surface area (Å²) in [6.07, 6.45) is 8.51. The summed E-state index contributed by atoms with van der Waals surface area (Å²) in [5.74, 6) is -0.110. The number of hydrogen-bond acceptors (Lipinski definition) is 0. The van der Waals surface area contributed by atoms with Gasteiger partial charge in [0.25, 0.3) is 0 Å². The highest BCUT2D eigenvalue weighted by molar-refractivity contribution is 4.93. The normalized spacial score (nSPS) is 27.1. The Balaban J connectivity index is 2.18. The molecule has 0 saturated heterocycles. The van der Waals surface area contributed by atoms with Crippen LogP contribution in [-0.2, 0) is 0 Å². The summed E-state index contributed by atoms with van der Waals surface area (Å²) in [6.45, 7) is 0. The summed E-state index contributed by atoms with van der Waals surface area (Å²) >= 11 is 0. The second kappa shape index (κ2) is 7.17. The number of alkyl halides is 3. The predicted octanol–water partition coefficient (Wildman–Crippen LogP) is 6.64. The Bertz CT molecular complexity index is 266. The maximum atomic E-state index is 13.9. The maximum absolute atomic E-state index is 13.9. The average molecular weight is 290 g/mol. The highest BCUT2D eigenvalue weighted by Crippen LogP contribution is 2.55. The first kappa shape index (κ1) is 16.2. The van der Waals surface area contributed by atoms with Crippen LogP contribution in [0, 0.1) is 11.3 Å². The standard InChI is InChI=1S/C17H29F3/c18-17(19,20)16(13-9-5-2-6-10-14-16)15-11-7-3-1-4-8-12-15/h15H,1-14H2. The molecule has 0 unspecified atom stereocenters. The minimum absolute atomic E-state index is 0.110. The van der Waals surface area contributed by atoms with Crippen molar-refractivity contribution in [3.8, 4) is 0 Å². The van der Waals surface area contributed by atoms with Crippen LogP contribution in [0.4, 0.5) is 13.2 Å². The summed E-state index contributed by atoms with van der Waals surface area (Å²) < 4.78 is 41.8. The van der Waals surface area contributed by atoms with Gasteiger partial charge in [0.05, 0.1) is 5.41 Å². The van der Waals surface area contributed by atoms with E-state index in [-0.39, 0.29) is 5.92 Å². The largest absolute Gasteiger partial charge is 0.394 e. The Morgan fingerprint density at radius 2 is 1.00 bits per heavy atom. The summed E-state index contributed by atoms with van der Waals surface area (Å²) in [5.41, 5.74) is -1.36. The quantitative estimate of drug-likeness (QED) is 0.507. The smallest absolute Gasteiger partial charge is 0.170 e. The third-order valence-corrected chi connectivity index (χ3v) is 5.70.